The summed E-state index contributed by atoms with van der Waals surface area (Å²) >= 11 is 5.83. The lowest BCUT2D eigenvalue weighted by molar-refractivity contribution is 0.408. The zero-order valence-corrected chi connectivity index (χ0v) is 8.60. The third-order valence-corrected chi connectivity index (χ3v) is 2.66. The summed E-state index contributed by atoms with van der Waals surface area (Å²) < 4.78 is 2.04. The van der Waals surface area contributed by atoms with Crippen molar-refractivity contribution in [1.29, 1.82) is 0 Å². The first-order valence-corrected chi connectivity index (χ1v) is 4.60. The molecule has 0 unspecified atom stereocenters. The van der Waals surface area contributed by atoms with Crippen molar-refractivity contribution in [3.8, 4) is 0 Å². The molecule has 0 radical (unpaired) electrons. The van der Waals surface area contributed by atoms with Crippen LogP contribution in [0.25, 0.3) is 0 Å². The van der Waals surface area contributed by atoms with Crippen LogP contribution in [0, 0.1) is 5.41 Å². The molecule has 0 aliphatic carbocycles. The van der Waals surface area contributed by atoms with Crippen molar-refractivity contribution in [3.05, 3.63) is 18.2 Å². The molecule has 0 aromatic carbocycles. The van der Waals surface area contributed by atoms with Gasteiger partial charge in [-0.25, -0.2) is 4.98 Å². The molecule has 0 fully saturated rings. The fraction of sp³-hybridized carbons (Fsp3) is 0.667. The van der Waals surface area contributed by atoms with Crippen molar-refractivity contribution >= 4 is 11.6 Å². The van der Waals surface area contributed by atoms with Crippen LogP contribution < -0.4 is 0 Å². The second-order valence-corrected chi connectivity index (χ2v) is 4.24. The van der Waals surface area contributed by atoms with Gasteiger partial charge in [-0.05, 0) is 11.8 Å². The Morgan fingerprint density at radius 1 is 1.58 bits per heavy atom. The largest absolute Gasteiger partial charge is 0.338 e. The molecule has 2 nitrogen and oxygen atoms in total. The molecule has 0 saturated heterocycles. The second kappa shape index (κ2) is 3.48. The van der Waals surface area contributed by atoms with Crippen molar-refractivity contribution in [3.63, 3.8) is 0 Å². The number of nitrogens with zero attached hydrogens (tertiary/aromatic N) is 2. The normalized spacial score (nSPS) is 12.0. The van der Waals surface area contributed by atoms with Crippen molar-refractivity contribution in [1.82, 2.24) is 9.55 Å². The van der Waals surface area contributed by atoms with E-state index in [4.69, 9.17) is 11.6 Å². The number of hydrogen-bond acceptors (Lipinski definition) is 1. The number of rotatable bonds is 3. The molecule has 3 heteroatoms. The lowest BCUT2D eigenvalue weighted by atomic mass is 9.90. The smallest absolute Gasteiger partial charge is 0.0945 e. The Morgan fingerprint density at radius 2 is 2.25 bits per heavy atom. The SMILES string of the molecule is Cn1cncc1CC(C)(C)CCl. The number of aromatic nitrogens is 2. The highest BCUT2D eigenvalue weighted by atomic mass is 35.5. The summed E-state index contributed by atoms with van der Waals surface area (Å²) in [5.41, 5.74) is 1.40. The van der Waals surface area contributed by atoms with Gasteiger partial charge >= 0.3 is 0 Å². The van der Waals surface area contributed by atoms with E-state index in [0.29, 0.717) is 5.88 Å². The number of aryl methyl sites for hydroxylation is 1. The molecule has 0 aliphatic rings. The maximum absolute atomic E-state index is 5.83. The molecule has 0 N–H and O–H groups in total. The maximum atomic E-state index is 5.83. The summed E-state index contributed by atoms with van der Waals surface area (Å²) in [6.07, 6.45) is 4.70. The maximum Gasteiger partial charge on any atom is 0.0945 e. The first kappa shape index (κ1) is 9.59. The lowest BCUT2D eigenvalue weighted by Gasteiger charge is -2.20. The Bertz CT molecular complexity index is 253. The Morgan fingerprint density at radius 3 is 2.67 bits per heavy atom. The minimum atomic E-state index is 0.162. The molecule has 12 heavy (non-hydrogen) atoms. The van der Waals surface area contributed by atoms with E-state index in [0.717, 1.165) is 6.42 Å². The quantitative estimate of drug-likeness (QED) is 0.662. The first-order valence-electron chi connectivity index (χ1n) is 4.06. The highest BCUT2D eigenvalue weighted by molar-refractivity contribution is 6.18. The van der Waals surface area contributed by atoms with Crippen molar-refractivity contribution in [2.45, 2.75) is 20.3 Å². The van der Waals surface area contributed by atoms with Crippen LogP contribution in [0.3, 0.4) is 0 Å². The van der Waals surface area contributed by atoms with Gasteiger partial charge in [-0.1, -0.05) is 13.8 Å². The fourth-order valence-corrected chi connectivity index (χ4v) is 1.19. The summed E-state index contributed by atoms with van der Waals surface area (Å²) in [5, 5.41) is 0. The van der Waals surface area contributed by atoms with Gasteiger partial charge in [0, 0.05) is 24.8 Å². The van der Waals surface area contributed by atoms with Crippen LogP contribution in [0.4, 0.5) is 0 Å². The van der Waals surface area contributed by atoms with Gasteiger partial charge in [-0.3, -0.25) is 0 Å². The Labute approximate surface area is 78.6 Å². The molecule has 0 spiro atoms. The first-order chi connectivity index (χ1) is 5.55. The third-order valence-electron chi connectivity index (χ3n) is 1.94. The van der Waals surface area contributed by atoms with Gasteiger partial charge in [-0.15, -0.1) is 11.6 Å². The molecule has 1 aromatic heterocycles. The van der Waals surface area contributed by atoms with E-state index in [-0.39, 0.29) is 5.41 Å². The second-order valence-electron chi connectivity index (χ2n) is 3.97. The van der Waals surface area contributed by atoms with Crippen LogP contribution in [0.2, 0.25) is 0 Å². The van der Waals surface area contributed by atoms with Crippen molar-refractivity contribution in [2.24, 2.45) is 12.5 Å². The standard InChI is InChI=1S/C9H15ClN2/c1-9(2,6-10)4-8-5-11-7-12(8)3/h5,7H,4,6H2,1-3H3. The topological polar surface area (TPSA) is 17.8 Å². The molecule has 68 valence electrons. The lowest BCUT2D eigenvalue weighted by Crippen LogP contribution is -2.18. The molecule has 0 aliphatic heterocycles. The summed E-state index contributed by atoms with van der Waals surface area (Å²) in [5.74, 6) is 0.679. The van der Waals surface area contributed by atoms with Gasteiger partial charge < -0.3 is 4.57 Å². The molecule has 1 heterocycles. The van der Waals surface area contributed by atoms with E-state index < -0.39 is 0 Å². The van der Waals surface area contributed by atoms with Crippen LogP contribution >= 0.6 is 11.6 Å². The molecule has 1 aromatic rings. The van der Waals surface area contributed by atoms with E-state index in [1.54, 1.807) is 0 Å². The molecular weight excluding hydrogens is 172 g/mol. The predicted molar refractivity (Wildman–Crippen MR) is 51.4 cm³/mol. The van der Waals surface area contributed by atoms with E-state index in [9.17, 15) is 0 Å². The van der Waals surface area contributed by atoms with Gasteiger partial charge in [-0.2, -0.15) is 0 Å². The highest BCUT2D eigenvalue weighted by Gasteiger charge is 2.18. The van der Waals surface area contributed by atoms with E-state index in [2.05, 4.69) is 18.8 Å². The van der Waals surface area contributed by atoms with E-state index >= 15 is 0 Å². The predicted octanol–water partition coefficient (Wildman–Crippen LogP) is 2.23. The van der Waals surface area contributed by atoms with Gasteiger partial charge in [0.1, 0.15) is 0 Å². The molecule has 0 atom stereocenters. The average Bonchev–Trinajstić information content (AvgIpc) is 2.36. The molecule has 0 saturated carbocycles. The van der Waals surface area contributed by atoms with Crippen LogP contribution in [-0.4, -0.2) is 15.4 Å². The Kier molecular flexibility index (Phi) is 2.78. The molecule has 0 amide bonds. The Balaban J connectivity index is 2.70. The Hall–Kier alpha value is -0.500. The number of hydrogen-bond donors (Lipinski definition) is 0. The molecular formula is C9H15ClN2. The van der Waals surface area contributed by atoms with Gasteiger partial charge in [0.05, 0.1) is 6.33 Å². The zero-order chi connectivity index (χ0) is 9.19. The van der Waals surface area contributed by atoms with Crippen molar-refractivity contribution < 1.29 is 0 Å². The highest BCUT2D eigenvalue weighted by Crippen LogP contribution is 2.22. The van der Waals surface area contributed by atoms with Crippen LogP contribution in [0.1, 0.15) is 19.5 Å². The number of alkyl halides is 1. The van der Waals surface area contributed by atoms with Gasteiger partial charge in [0.25, 0.3) is 0 Å². The monoisotopic (exact) mass is 186 g/mol. The van der Waals surface area contributed by atoms with E-state index in [1.165, 1.54) is 5.69 Å². The minimum absolute atomic E-state index is 0.162. The number of halogens is 1. The average molecular weight is 187 g/mol. The summed E-state index contributed by atoms with van der Waals surface area (Å²) in [4.78, 5) is 4.06. The van der Waals surface area contributed by atoms with Gasteiger partial charge in [0.2, 0.25) is 0 Å². The third kappa shape index (κ3) is 2.24. The minimum Gasteiger partial charge on any atom is -0.338 e. The summed E-state index contributed by atoms with van der Waals surface area (Å²) in [6.45, 7) is 4.32. The molecule has 0 bridgehead atoms. The van der Waals surface area contributed by atoms with Gasteiger partial charge in [0.15, 0.2) is 0 Å². The van der Waals surface area contributed by atoms with Crippen molar-refractivity contribution in [2.75, 3.05) is 5.88 Å². The number of imidazole rings is 1. The van der Waals surface area contributed by atoms with Crippen LogP contribution in [0.5, 0.6) is 0 Å². The van der Waals surface area contributed by atoms with Crippen LogP contribution in [-0.2, 0) is 13.5 Å². The van der Waals surface area contributed by atoms with Crippen LogP contribution in [0.15, 0.2) is 12.5 Å². The summed E-state index contributed by atoms with van der Waals surface area (Å²) in [7, 11) is 2.01. The molecule has 1 rings (SSSR count). The zero-order valence-electron chi connectivity index (χ0n) is 7.84. The fourth-order valence-electron chi connectivity index (χ4n) is 1.09. The van der Waals surface area contributed by atoms with E-state index in [1.807, 2.05) is 24.1 Å². The summed E-state index contributed by atoms with van der Waals surface area (Å²) in [6, 6.07) is 0.